The van der Waals surface area contributed by atoms with Crippen LogP contribution in [0.25, 0.3) is 15.7 Å². The first-order valence-corrected chi connectivity index (χ1v) is 7.89. The van der Waals surface area contributed by atoms with Crippen molar-refractivity contribution in [3.63, 3.8) is 0 Å². The van der Waals surface area contributed by atoms with E-state index in [1.165, 1.54) is 53.3 Å². The minimum atomic E-state index is 1.19. The molecule has 1 heteroatoms. The van der Waals surface area contributed by atoms with Gasteiger partial charge in [-0.25, -0.2) is 0 Å². The van der Waals surface area contributed by atoms with Crippen molar-refractivity contribution in [2.45, 2.75) is 46.0 Å². The molecule has 2 aromatic rings. The van der Waals surface area contributed by atoms with Crippen molar-refractivity contribution in [1.29, 1.82) is 0 Å². The van der Waals surface area contributed by atoms with E-state index in [1.54, 1.807) is 0 Å². The van der Waals surface area contributed by atoms with Crippen molar-refractivity contribution in [2.24, 2.45) is 0 Å². The monoisotopic (exact) mass is 258 g/mol. The van der Waals surface area contributed by atoms with Gasteiger partial charge in [0.15, 0.2) is 0 Å². The van der Waals surface area contributed by atoms with Gasteiger partial charge in [0.1, 0.15) is 0 Å². The first kappa shape index (κ1) is 13.4. The lowest BCUT2D eigenvalue weighted by molar-refractivity contribution is 0.812. The fourth-order valence-corrected chi connectivity index (χ4v) is 3.05. The van der Waals surface area contributed by atoms with Crippen LogP contribution >= 0.6 is 11.3 Å². The Hall–Kier alpha value is -1.08. The summed E-state index contributed by atoms with van der Waals surface area (Å²) in [5, 5.41) is 3.56. The zero-order valence-corrected chi connectivity index (χ0v) is 12.2. The lowest BCUT2D eigenvalue weighted by atomic mass is 9.98. The summed E-state index contributed by atoms with van der Waals surface area (Å²) in [7, 11) is 0. The van der Waals surface area contributed by atoms with Crippen LogP contribution in [0.3, 0.4) is 0 Å². The number of hydrogen-bond donors (Lipinski definition) is 0. The van der Waals surface area contributed by atoms with Gasteiger partial charge in [0.25, 0.3) is 0 Å². The van der Waals surface area contributed by atoms with E-state index < -0.39 is 0 Å². The van der Waals surface area contributed by atoms with E-state index in [0.717, 1.165) is 0 Å². The summed E-state index contributed by atoms with van der Waals surface area (Å²) in [5.41, 5.74) is 2.94. The van der Waals surface area contributed by atoms with Crippen molar-refractivity contribution < 1.29 is 0 Å². The number of rotatable bonds is 6. The number of unbranched alkanes of at least 4 members (excludes halogenated alkanes) is 2. The van der Waals surface area contributed by atoms with E-state index in [0.29, 0.717) is 0 Å². The highest BCUT2D eigenvalue weighted by Gasteiger charge is 2.02. The van der Waals surface area contributed by atoms with Crippen LogP contribution in [0.4, 0.5) is 0 Å². The van der Waals surface area contributed by atoms with Crippen LogP contribution in [0.15, 0.2) is 35.7 Å². The van der Waals surface area contributed by atoms with Crippen molar-refractivity contribution >= 4 is 27.0 Å². The standard InChI is InChI=1S/C17H22S/c1-3-5-6-8-14(7-4-2)15-9-10-17-16(13-15)11-12-18-17/h8-13H,3-7H2,1-2H3/b14-8-. The Morgan fingerprint density at radius 2 is 2.06 bits per heavy atom. The lowest BCUT2D eigenvalue weighted by Gasteiger charge is -2.07. The van der Waals surface area contributed by atoms with Crippen molar-refractivity contribution in [3.8, 4) is 0 Å². The summed E-state index contributed by atoms with van der Waals surface area (Å²) in [5.74, 6) is 0. The van der Waals surface area contributed by atoms with Crippen LogP contribution in [0.5, 0.6) is 0 Å². The molecule has 0 aliphatic heterocycles. The van der Waals surface area contributed by atoms with Gasteiger partial charge in [-0.2, -0.15) is 0 Å². The molecule has 1 heterocycles. The molecule has 96 valence electrons. The van der Waals surface area contributed by atoms with Crippen LogP contribution in [-0.2, 0) is 0 Å². The number of allylic oxidation sites excluding steroid dienone is 2. The Labute approximate surface area is 114 Å². The molecule has 0 atom stereocenters. The second kappa shape index (κ2) is 6.75. The third kappa shape index (κ3) is 3.23. The number of benzene rings is 1. The molecule has 0 aliphatic rings. The average molecular weight is 258 g/mol. The number of fused-ring (bicyclic) bond motifs is 1. The van der Waals surface area contributed by atoms with Crippen LogP contribution in [0, 0.1) is 0 Å². The zero-order chi connectivity index (χ0) is 12.8. The molecule has 2 rings (SSSR count). The van der Waals surface area contributed by atoms with Gasteiger partial charge in [-0.3, -0.25) is 0 Å². The van der Waals surface area contributed by atoms with Gasteiger partial charge in [-0.1, -0.05) is 45.3 Å². The topological polar surface area (TPSA) is 0 Å². The Morgan fingerprint density at radius 3 is 2.83 bits per heavy atom. The van der Waals surface area contributed by atoms with Crippen molar-refractivity contribution in [1.82, 2.24) is 0 Å². The maximum atomic E-state index is 2.44. The molecule has 0 saturated heterocycles. The lowest BCUT2D eigenvalue weighted by Crippen LogP contribution is -1.85. The minimum Gasteiger partial charge on any atom is -0.144 e. The predicted molar refractivity (Wildman–Crippen MR) is 84.2 cm³/mol. The second-order valence-electron chi connectivity index (χ2n) is 4.79. The molecule has 0 fully saturated rings. The first-order chi connectivity index (χ1) is 8.85. The zero-order valence-electron chi connectivity index (χ0n) is 11.4. The van der Waals surface area contributed by atoms with Gasteiger partial charge in [-0.05, 0) is 52.9 Å². The van der Waals surface area contributed by atoms with Crippen LogP contribution < -0.4 is 0 Å². The highest BCUT2D eigenvalue weighted by Crippen LogP contribution is 2.27. The normalized spacial score (nSPS) is 12.2. The fraction of sp³-hybridized carbons (Fsp3) is 0.412. The van der Waals surface area contributed by atoms with Crippen LogP contribution in [0.2, 0.25) is 0 Å². The van der Waals surface area contributed by atoms with Gasteiger partial charge in [0.05, 0.1) is 0 Å². The molecule has 0 spiro atoms. The van der Waals surface area contributed by atoms with Gasteiger partial charge in [-0.15, -0.1) is 11.3 Å². The summed E-state index contributed by atoms with van der Waals surface area (Å²) in [4.78, 5) is 0. The summed E-state index contributed by atoms with van der Waals surface area (Å²) >= 11 is 1.82. The Bertz CT molecular complexity index is 519. The maximum absolute atomic E-state index is 2.44. The molecule has 0 bridgehead atoms. The second-order valence-corrected chi connectivity index (χ2v) is 5.74. The Balaban J connectivity index is 2.25. The summed E-state index contributed by atoms with van der Waals surface area (Å²) < 4.78 is 1.39. The highest BCUT2D eigenvalue weighted by molar-refractivity contribution is 7.17. The van der Waals surface area contributed by atoms with Crippen LogP contribution in [0.1, 0.15) is 51.5 Å². The smallest absolute Gasteiger partial charge is 0.0343 e. The SMILES string of the molecule is CCCC/C=C(/CCC)c1ccc2sccc2c1. The van der Waals surface area contributed by atoms with Gasteiger partial charge in [0, 0.05) is 4.70 Å². The average Bonchev–Trinajstić information content (AvgIpc) is 2.85. The molecule has 1 aromatic carbocycles. The molecule has 0 unspecified atom stereocenters. The third-order valence-electron chi connectivity index (χ3n) is 3.29. The number of thiophene rings is 1. The van der Waals surface area contributed by atoms with Crippen LogP contribution in [-0.4, -0.2) is 0 Å². The Morgan fingerprint density at radius 1 is 1.17 bits per heavy atom. The molecular formula is C17H22S. The first-order valence-electron chi connectivity index (χ1n) is 7.01. The summed E-state index contributed by atoms with van der Waals surface area (Å²) in [6, 6.07) is 9.11. The van der Waals surface area contributed by atoms with Gasteiger partial charge in [0.2, 0.25) is 0 Å². The molecule has 1 aromatic heterocycles. The largest absolute Gasteiger partial charge is 0.144 e. The fourth-order valence-electron chi connectivity index (χ4n) is 2.28. The van der Waals surface area contributed by atoms with E-state index in [2.05, 4.69) is 49.6 Å². The quantitative estimate of drug-likeness (QED) is 0.535. The molecule has 0 nitrogen and oxygen atoms in total. The van der Waals surface area contributed by atoms with Gasteiger partial charge < -0.3 is 0 Å². The van der Waals surface area contributed by atoms with E-state index in [9.17, 15) is 0 Å². The maximum Gasteiger partial charge on any atom is 0.0343 e. The molecule has 0 saturated carbocycles. The highest BCUT2D eigenvalue weighted by atomic mass is 32.1. The van der Waals surface area contributed by atoms with E-state index >= 15 is 0 Å². The molecule has 0 radical (unpaired) electrons. The third-order valence-corrected chi connectivity index (χ3v) is 4.19. The molecular weight excluding hydrogens is 236 g/mol. The summed E-state index contributed by atoms with van der Waals surface area (Å²) in [6.45, 7) is 4.52. The van der Waals surface area contributed by atoms with Crippen molar-refractivity contribution in [2.75, 3.05) is 0 Å². The van der Waals surface area contributed by atoms with E-state index in [1.807, 2.05) is 11.3 Å². The minimum absolute atomic E-state index is 1.19. The van der Waals surface area contributed by atoms with E-state index in [-0.39, 0.29) is 0 Å². The Kier molecular flexibility index (Phi) is 5.00. The molecule has 18 heavy (non-hydrogen) atoms. The molecule has 0 N–H and O–H groups in total. The molecule has 0 amide bonds. The van der Waals surface area contributed by atoms with E-state index in [4.69, 9.17) is 0 Å². The van der Waals surface area contributed by atoms with Crippen molar-refractivity contribution in [3.05, 3.63) is 41.3 Å². The molecule has 0 aliphatic carbocycles. The number of hydrogen-bond acceptors (Lipinski definition) is 1. The van der Waals surface area contributed by atoms with Gasteiger partial charge >= 0.3 is 0 Å². The predicted octanol–water partition coefficient (Wildman–Crippen LogP) is 6.28. The summed E-state index contributed by atoms with van der Waals surface area (Å²) in [6.07, 6.45) is 8.65.